The lowest BCUT2D eigenvalue weighted by Gasteiger charge is -2.37. The molecule has 2 fully saturated rings. The van der Waals surface area contributed by atoms with Crippen molar-refractivity contribution in [2.45, 2.75) is 48.7 Å². The lowest BCUT2D eigenvalue weighted by atomic mass is 9.88. The highest BCUT2D eigenvalue weighted by Gasteiger charge is 2.74. The molecule has 1 N–H and O–H groups in total. The van der Waals surface area contributed by atoms with Crippen LogP contribution < -0.4 is 0 Å². The first-order valence-corrected chi connectivity index (χ1v) is 10.9. The summed E-state index contributed by atoms with van der Waals surface area (Å²) in [7, 11) is -7.22. The number of hydrogen-bond donors (Lipinski definition) is 1. The molecule has 0 aromatic heterocycles. The lowest BCUT2D eigenvalue weighted by Crippen LogP contribution is -2.57. The molecule has 5 atom stereocenters. The summed E-state index contributed by atoms with van der Waals surface area (Å²) in [5.74, 6) is -1.05. The Morgan fingerprint density at radius 3 is 2.67 bits per heavy atom. The van der Waals surface area contributed by atoms with E-state index in [1.807, 2.05) is 19.1 Å². The molecule has 2 aliphatic carbocycles. The molecule has 1 saturated carbocycles. The quantitative estimate of drug-likeness (QED) is 0.590. The van der Waals surface area contributed by atoms with Crippen LogP contribution in [0.25, 0.3) is 0 Å². The standard InChI is InChI=1S/C14H22O5S2/c1-2-3-4-7-21(18,19)14-11-6-5-10(8-11)13(14)20(16,17)9-12(14)15/h5-6,10-13,15H,2-4,7-9H2,1H3. The minimum absolute atomic E-state index is 0.0268. The molecule has 3 aliphatic rings. The van der Waals surface area contributed by atoms with Crippen molar-refractivity contribution in [2.24, 2.45) is 11.8 Å². The fraction of sp³-hybridized carbons (Fsp3) is 0.857. The van der Waals surface area contributed by atoms with Crippen LogP contribution in [0, 0.1) is 11.8 Å². The summed E-state index contributed by atoms with van der Waals surface area (Å²) in [5, 5.41) is 9.46. The van der Waals surface area contributed by atoms with E-state index in [-0.39, 0.29) is 17.6 Å². The van der Waals surface area contributed by atoms with E-state index >= 15 is 0 Å². The van der Waals surface area contributed by atoms with Crippen molar-refractivity contribution in [3.63, 3.8) is 0 Å². The smallest absolute Gasteiger partial charge is 0.160 e. The van der Waals surface area contributed by atoms with E-state index in [2.05, 4.69) is 0 Å². The second kappa shape index (κ2) is 4.80. The SMILES string of the molecule is CCCCCS(=O)(=O)C12C(O)CS(=O)(=O)C1C1C=CC2C1. The molecule has 0 aromatic rings. The molecule has 3 rings (SSSR count). The number of aliphatic hydroxyl groups is 1. The van der Waals surface area contributed by atoms with Crippen molar-refractivity contribution >= 4 is 19.7 Å². The minimum atomic E-state index is -3.66. The number of aliphatic hydroxyl groups excluding tert-OH is 1. The van der Waals surface area contributed by atoms with Crippen molar-refractivity contribution < 1.29 is 21.9 Å². The Labute approximate surface area is 126 Å². The van der Waals surface area contributed by atoms with Crippen molar-refractivity contribution in [1.29, 1.82) is 0 Å². The van der Waals surface area contributed by atoms with Gasteiger partial charge in [-0.05, 0) is 18.8 Å². The Morgan fingerprint density at radius 1 is 1.29 bits per heavy atom. The van der Waals surface area contributed by atoms with Gasteiger partial charge >= 0.3 is 0 Å². The van der Waals surface area contributed by atoms with Gasteiger partial charge in [0.2, 0.25) is 0 Å². The van der Waals surface area contributed by atoms with Gasteiger partial charge in [0.1, 0.15) is 4.75 Å². The molecule has 1 heterocycles. The van der Waals surface area contributed by atoms with Gasteiger partial charge in [-0.1, -0.05) is 31.9 Å². The van der Waals surface area contributed by atoms with E-state index in [4.69, 9.17) is 0 Å². The van der Waals surface area contributed by atoms with Gasteiger partial charge in [0, 0.05) is 5.92 Å². The van der Waals surface area contributed by atoms with Crippen LogP contribution in [0.4, 0.5) is 0 Å². The molecule has 5 unspecified atom stereocenters. The van der Waals surface area contributed by atoms with Gasteiger partial charge in [-0.3, -0.25) is 0 Å². The average molecular weight is 334 g/mol. The van der Waals surface area contributed by atoms with Gasteiger partial charge in [0.05, 0.1) is 22.9 Å². The van der Waals surface area contributed by atoms with Crippen molar-refractivity contribution in [2.75, 3.05) is 11.5 Å². The van der Waals surface area contributed by atoms with Crippen LogP contribution in [-0.2, 0) is 19.7 Å². The maximum Gasteiger partial charge on any atom is 0.160 e. The summed E-state index contributed by atoms with van der Waals surface area (Å²) < 4.78 is 49.1. The molecule has 7 heteroatoms. The van der Waals surface area contributed by atoms with Crippen LogP contribution in [0.1, 0.15) is 32.6 Å². The van der Waals surface area contributed by atoms with Gasteiger partial charge in [0.25, 0.3) is 0 Å². The zero-order chi connectivity index (χ0) is 15.5. The fourth-order valence-corrected chi connectivity index (χ4v) is 10.7. The third-order valence-electron chi connectivity index (χ3n) is 5.38. The largest absolute Gasteiger partial charge is 0.390 e. The summed E-state index contributed by atoms with van der Waals surface area (Å²) >= 11 is 0. The molecule has 0 aromatic carbocycles. The van der Waals surface area contributed by atoms with Crippen LogP contribution in [0.15, 0.2) is 12.2 Å². The van der Waals surface area contributed by atoms with Crippen LogP contribution in [-0.4, -0.2) is 49.5 Å². The molecule has 0 amide bonds. The van der Waals surface area contributed by atoms with Crippen LogP contribution >= 0.6 is 0 Å². The van der Waals surface area contributed by atoms with Gasteiger partial charge in [0.15, 0.2) is 19.7 Å². The number of rotatable bonds is 5. The summed E-state index contributed by atoms with van der Waals surface area (Å²) in [6, 6.07) is 0. The number of sulfone groups is 2. The zero-order valence-electron chi connectivity index (χ0n) is 12.1. The number of unbranched alkanes of at least 4 members (excludes halogenated alkanes) is 2. The van der Waals surface area contributed by atoms with E-state index in [0.29, 0.717) is 12.8 Å². The first-order chi connectivity index (χ1) is 9.77. The molecular weight excluding hydrogens is 312 g/mol. The highest BCUT2D eigenvalue weighted by Crippen LogP contribution is 2.59. The monoisotopic (exact) mass is 334 g/mol. The Bertz CT molecular complexity index is 663. The summed E-state index contributed by atoms with van der Waals surface area (Å²) in [6.07, 6.45) is 5.10. The molecule has 5 nitrogen and oxygen atoms in total. The van der Waals surface area contributed by atoms with Gasteiger partial charge in [-0.2, -0.15) is 0 Å². The Morgan fingerprint density at radius 2 is 2.00 bits per heavy atom. The molecule has 120 valence electrons. The Hall–Kier alpha value is -0.400. The van der Waals surface area contributed by atoms with E-state index in [1.54, 1.807) is 0 Å². The highest BCUT2D eigenvalue weighted by molar-refractivity contribution is 7.97. The first-order valence-electron chi connectivity index (χ1n) is 7.57. The fourth-order valence-electron chi connectivity index (χ4n) is 4.60. The van der Waals surface area contributed by atoms with Crippen LogP contribution in [0.3, 0.4) is 0 Å². The molecular formula is C14H22O5S2. The molecule has 1 aliphatic heterocycles. The third kappa shape index (κ3) is 1.90. The normalized spacial score (nSPS) is 43.3. The van der Waals surface area contributed by atoms with Gasteiger partial charge in [-0.25, -0.2) is 16.8 Å². The second-order valence-electron chi connectivity index (χ2n) is 6.54. The topological polar surface area (TPSA) is 88.5 Å². The van der Waals surface area contributed by atoms with Crippen molar-refractivity contribution in [1.82, 2.24) is 0 Å². The van der Waals surface area contributed by atoms with E-state index < -0.39 is 41.5 Å². The maximum atomic E-state index is 12.9. The molecule has 1 saturated heterocycles. The molecule has 21 heavy (non-hydrogen) atoms. The molecule has 2 bridgehead atoms. The summed E-state index contributed by atoms with van der Waals surface area (Å²) in [4.78, 5) is 0. The third-order valence-corrected chi connectivity index (χ3v) is 10.6. The van der Waals surface area contributed by atoms with E-state index in [0.717, 1.165) is 12.8 Å². The lowest BCUT2D eigenvalue weighted by molar-refractivity contribution is 0.142. The van der Waals surface area contributed by atoms with E-state index in [9.17, 15) is 21.9 Å². The number of hydrogen-bond acceptors (Lipinski definition) is 5. The zero-order valence-corrected chi connectivity index (χ0v) is 13.7. The van der Waals surface area contributed by atoms with Crippen molar-refractivity contribution in [3.8, 4) is 0 Å². The maximum absolute atomic E-state index is 12.9. The number of fused-ring (bicyclic) bond motifs is 5. The number of allylic oxidation sites excluding steroid dienone is 2. The van der Waals surface area contributed by atoms with Gasteiger partial charge < -0.3 is 5.11 Å². The predicted octanol–water partition coefficient (Wildman–Crippen LogP) is 0.694. The Kier molecular flexibility index (Phi) is 3.54. The second-order valence-corrected chi connectivity index (χ2v) is 11.0. The van der Waals surface area contributed by atoms with Crippen molar-refractivity contribution in [3.05, 3.63) is 12.2 Å². The first kappa shape index (κ1) is 15.5. The van der Waals surface area contributed by atoms with Gasteiger partial charge in [-0.15, -0.1) is 0 Å². The average Bonchev–Trinajstić information content (AvgIpc) is 3.01. The minimum Gasteiger partial charge on any atom is -0.390 e. The molecule has 0 spiro atoms. The van der Waals surface area contributed by atoms with Crippen LogP contribution in [0.2, 0.25) is 0 Å². The van der Waals surface area contributed by atoms with Crippen LogP contribution in [0.5, 0.6) is 0 Å². The summed E-state index contributed by atoms with van der Waals surface area (Å²) in [6.45, 7) is 1.99. The van der Waals surface area contributed by atoms with E-state index in [1.165, 1.54) is 0 Å². The molecule has 0 radical (unpaired) electrons. The highest BCUT2D eigenvalue weighted by atomic mass is 32.2. The summed E-state index contributed by atoms with van der Waals surface area (Å²) in [5.41, 5.74) is 0. The predicted molar refractivity (Wildman–Crippen MR) is 80.4 cm³/mol. The Balaban J connectivity index is 2.07.